The largest absolute Gasteiger partial charge is 0.481 e. The maximum atomic E-state index is 12.2. The predicted octanol–water partition coefficient (Wildman–Crippen LogP) is -0.310. The Balaban J connectivity index is 3.15. The Morgan fingerprint density at radius 2 is 1.81 bits per heavy atom. The Hall–Kier alpha value is -1.49. The second kappa shape index (κ2) is 6.52. The minimum Gasteiger partial charge on any atom is -0.481 e. The number of nitrogens with zero attached hydrogens (tertiary/aromatic N) is 1. The van der Waals surface area contributed by atoms with Crippen LogP contribution in [-0.4, -0.2) is 52.9 Å². The van der Waals surface area contributed by atoms with Crippen LogP contribution in [0.5, 0.6) is 0 Å². The fraction of sp³-hybridized carbons (Fsp3) is 0.364. The van der Waals surface area contributed by atoms with Gasteiger partial charge in [-0.3, -0.25) is 4.79 Å². The summed E-state index contributed by atoms with van der Waals surface area (Å²) >= 11 is 0. The van der Waals surface area contributed by atoms with Gasteiger partial charge in [0.1, 0.15) is 0 Å². The number of benzene rings is 1. The van der Waals surface area contributed by atoms with Crippen molar-refractivity contribution in [3.8, 4) is 0 Å². The van der Waals surface area contributed by atoms with Crippen LogP contribution in [-0.2, 0) is 24.8 Å². The highest BCUT2D eigenvalue weighted by Gasteiger charge is 2.23. The highest BCUT2D eigenvalue weighted by molar-refractivity contribution is 7.90. The van der Waals surface area contributed by atoms with Crippen molar-refractivity contribution in [3.63, 3.8) is 0 Å². The molecular formula is C11H16N2O6S2. The lowest BCUT2D eigenvalue weighted by molar-refractivity contribution is -0.137. The zero-order valence-electron chi connectivity index (χ0n) is 11.5. The third-order valence-electron chi connectivity index (χ3n) is 2.73. The molecule has 8 nitrogen and oxygen atoms in total. The lowest BCUT2D eigenvalue weighted by atomic mass is 10.4. The second-order valence-electron chi connectivity index (χ2n) is 4.15. The maximum Gasteiger partial charge on any atom is 0.304 e. The fourth-order valence-electron chi connectivity index (χ4n) is 1.47. The van der Waals surface area contributed by atoms with Crippen molar-refractivity contribution < 1.29 is 26.7 Å². The molecule has 0 bridgehead atoms. The lowest BCUT2D eigenvalue weighted by Crippen LogP contribution is -2.29. The molecule has 2 N–H and O–H groups in total. The quantitative estimate of drug-likeness (QED) is 0.704. The number of hydrogen-bond acceptors (Lipinski definition) is 5. The van der Waals surface area contributed by atoms with Gasteiger partial charge in [0.15, 0.2) is 0 Å². The highest BCUT2D eigenvalue weighted by Crippen LogP contribution is 2.18. The molecule has 118 valence electrons. The fourth-order valence-corrected chi connectivity index (χ4v) is 3.54. The molecule has 1 aromatic carbocycles. The molecule has 0 fully saturated rings. The van der Waals surface area contributed by atoms with Crippen molar-refractivity contribution in [1.29, 1.82) is 0 Å². The van der Waals surface area contributed by atoms with E-state index in [2.05, 4.69) is 4.72 Å². The van der Waals surface area contributed by atoms with Gasteiger partial charge in [0.25, 0.3) is 0 Å². The van der Waals surface area contributed by atoms with Crippen molar-refractivity contribution in [2.75, 3.05) is 20.6 Å². The first-order valence-electron chi connectivity index (χ1n) is 5.83. The summed E-state index contributed by atoms with van der Waals surface area (Å²) < 4.78 is 50.8. The Morgan fingerprint density at radius 1 is 1.24 bits per heavy atom. The van der Waals surface area contributed by atoms with E-state index >= 15 is 0 Å². The first-order valence-corrected chi connectivity index (χ1v) is 8.75. The van der Waals surface area contributed by atoms with Gasteiger partial charge in [-0.15, -0.1) is 0 Å². The third-order valence-corrected chi connectivity index (χ3v) is 6.00. The van der Waals surface area contributed by atoms with Crippen LogP contribution >= 0.6 is 0 Å². The average molecular weight is 336 g/mol. The molecule has 0 atom stereocenters. The summed E-state index contributed by atoms with van der Waals surface area (Å²) in [5.74, 6) is -1.12. The molecule has 0 aliphatic carbocycles. The molecule has 0 radical (unpaired) electrons. The maximum absolute atomic E-state index is 12.2. The molecule has 0 aromatic heterocycles. The monoisotopic (exact) mass is 336 g/mol. The van der Waals surface area contributed by atoms with Crippen molar-refractivity contribution in [2.45, 2.75) is 16.2 Å². The number of rotatable bonds is 7. The van der Waals surface area contributed by atoms with E-state index in [1.807, 2.05) is 0 Å². The van der Waals surface area contributed by atoms with Crippen LogP contribution in [0.25, 0.3) is 0 Å². The van der Waals surface area contributed by atoms with Crippen LogP contribution in [0.1, 0.15) is 6.42 Å². The van der Waals surface area contributed by atoms with Crippen molar-refractivity contribution in [2.24, 2.45) is 0 Å². The Labute approximate surface area is 123 Å². The van der Waals surface area contributed by atoms with Crippen LogP contribution in [0.3, 0.4) is 0 Å². The number of nitrogens with one attached hydrogen (secondary N) is 1. The van der Waals surface area contributed by atoms with Crippen LogP contribution < -0.4 is 4.72 Å². The molecule has 0 unspecified atom stereocenters. The number of carboxylic acid groups (broad SMARTS) is 1. The van der Waals surface area contributed by atoms with Crippen LogP contribution in [0, 0.1) is 0 Å². The van der Waals surface area contributed by atoms with Gasteiger partial charge < -0.3 is 5.11 Å². The average Bonchev–Trinajstić information content (AvgIpc) is 2.44. The van der Waals surface area contributed by atoms with Gasteiger partial charge in [-0.1, -0.05) is 6.07 Å². The minimum absolute atomic E-state index is 0.183. The lowest BCUT2D eigenvalue weighted by Gasteiger charge is -2.16. The summed E-state index contributed by atoms with van der Waals surface area (Å²) in [6, 6.07) is 4.85. The van der Waals surface area contributed by atoms with Gasteiger partial charge in [0.05, 0.1) is 16.2 Å². The highest BCUT2D eigenvalue weighted by atomic mass is 32.2. The third kappa shape index (κ3) is 4.24. The Kier molecular flexibility index (Phi) is 5.45. The van der Waals surface area contributed by atoms with E-state index in [0.717, 1.165) is 10.4 Å². The van der Waals surface area contributed by atoms with Crippen molar-refractivity contribution >= 4 is 26.0 Å². The molecule has 21 heavy (non-hydrogen) atoms. The summed E-state index contributed by atoms with van der Waals surface area (Å²) in [4.78, 5) is 10.1. The van der Waals surface area contributed by atoms with E-state index < -0.39 is 26.0 Å². The summed E-state index contributed by atoms with van der Waals surface area (Å²) in [5.41, 5.74) is 0. The van der Waals surface area contributed by atoms with Crippen LogP contribution in [0.2, 0.25) is 0 Å². The molecular weight excluding hydrogens is 320 g/mol. The molecule has 1 aromatic rings. The van der Waals surface area contributed by atoms with Gasteiger partial charge in [-0.25, -0.2) is 25.9 Å². The molecule has 0 heterocycles. The number of carboxylic acids is 1. The van der Waals surface area contributed by atoms with E-state index in [0.29, 0.717) is 0 Å². The summed E-state index contributed by atoms with van der Waals surface area (Å²) in [7, 11) is -5.26. The predicted molar refractivity (Wildman–Crippen MR) is 74.8 cm³/mol. The summed E-state index contributed by atoms with van der Waals surface area (Å²) in [6.45, 7) is -0.208. The van der Waals surface area contributed by atoms with Gasteiger partial charge in [0.2, 0.25) is 20.0 Å². The molecule has 0 aliphatic heterocycles. The minimum atomic E-state index is -3.95. The first-order chi connectivity index (χ1) is 9.61. The van der Waals surface area contributed by atoms with E-state index in [9.17, 15) is 21.6 Å². The standard InChI is InChI=1S/C11H16N2O6S2/c1-12-20(16,17)9-4-3-5-10(8-9)21(18,19)13(2)7-6-11(14)15/h3-5,8,12H,6-7H2,1-2H3,(H,14,15). The number of hydrogen-bond donors (Lipinski definition) is 2. The molecule has 0 aliphatic rings. The van der Waals surface area contributed by atoms with Gasteiger partial charge >= 0.3 is 5.97 Å². The van der Waals surface area contributed by atoms with Crippen molar-refractivity contribution in [3.05, 3.63) is 24.3 Å². The smallest absolute Gasteiger partial charge is 0.304 e. The zero-order valence-corrected chi connectivity index (χ0v) is 13.1. The van der Waals surface area contributed by atoms with Gasteiger partial charge in [-0.05, 0) is 25.2 Å². The zero-order chi connectivity index (χ0) is 16.3. The molecule has 0 saturated carbocycles. The Morgan fingerprint density at radius 3 is 2.33 bits per heavy atom. The topological polar surface area (TPSA) is 121 Å². The molecule has 1 rings (SSSR count). The van der Waals surface area contributed by atoms with Crippen LogP contribution in [0.4, 0.5) is 0 Å². The normalized spacial score (nSPS) is 12.5. The first kappa shape index (κ1) is 17.6. The van der Waals surface area contributed by atoms with E-state index in [4.69, 9.17) is 5.11 Å². The van der Waals surface area contributed by atoms with Crippen LogP contribution in [0.15, 0.2) is 34.1 Å². The molecule has 0 saturated heterocycles. The SMILES string of the molecule is CNS(=O)(=O)c1cccc(S(=O)(=O)N(C)CCC(=O)O)c1. The second-order valence-corrected chi connectivity index (χ2v) is 8.08. The number of aliphatic carboxylic acids is 1. The van der Waals surface area contributed by atoms with E-state index in [-0.39, 0.29) is 22.8 Å². The molecule has 0 spiro atoms. The number of carbonyl (C=O) groups is 1. The van der Waals surface area contributed by atoms with E-state index in [1.54, 1.807) is 0 Å². The van der Waals surface area contributed by atoms with Gasteiger partial charge in [0, 0.05) is 13.6 Å². The van der Waals surface area contributed by atoms with Gasteiger partial charge in [-0.2, -0.15) is 0 Å². The summed E-state index contributed by atoms with van der Waals surface area (Å²) in [6.07, 6.45) is -0.343. The number of sulfonamides is 2. The molecule has 10 heteroatoms. The Bertz CT molecular complexity index is 727. The van der Waals surface area contributed by atoms with E-state index in [1.165, 1.54) is 32.3 Å². The molecule has 0 amide bonds. The van der Waals surface area contributed by atoms with Crippen molar-refractivity contribution in [1.82, 2.24) is 9.03 Å². The summed E-state index contributed by atoms with van der Waals surface area (Å²) in [5, 5.41) is 8.57.